The Hall–Kier alpha value is -1.08. The van der Waals surface area contributed by atoms with Crippen molar-refractivity contribution in [3.8, 4) is 0 Å². The Morgan fingerprint density at radius 1 is 1.22 bits per heavy atom. The average Bonchev–Trinajstić information content (AvgIpc) is 2.95. The monoisotopic (exact) mass is 339 g/mol. The summed E-state index contributed by atoms with van der Waals surface area (Å²) in [6.45, 7) is 4.27. The molecule has 1 unspecified atom stereocenters. The second kappa shape index (κ2) is 7.66. The highest BCUT2D eigenvalue weighted by Crippen LogP contribution is 2.27. The molecule has 2 fully saturated rings. The number of rotatable bonds is 2. The van der Waals surface area contributed by atoms with Crippen LogP contribution in [-0.4, -0.2) is 59.0 Å². The summed E-state index contributed by atoms with van der Waals surface area (Å²) in [5.41, 5.74) is 0. The van der Waals surface area contributed by atoms with Crippen molar-refractivity contribution in [3.63, 3.8) is 0 Å². The van der Waals surface area contributed by atoms with Gasteiger partial charge in [-0.15, -0.1) is 0 Å². The summed E-state index contributed by atoms with van der Waals surface area (Å²) < 4.78 is 5.44. The Labute approximate surface area is 141 Å². The zero-order valence-electron chi connectivity index (χ0n) is 13.6. The number of hydrogen-bond donors (Lipinski definition) is 1. The van der Waals surface area contributed by atoms with E-state index in [0.29, 0.717) is 37.1 Å². The lowest BCUT2D eigenvalue weighted by molar-refractivity contribution is -0.121. The van der Waals surface area contributed by atoms with Crippen LogP contribution in [0.3, 0.4) is 0 Å². The van der Waals surface area contributed by atoms with Gasteiger partial charge in [-0.2, -0.15) is 0 Å². The summed E-state index contributed by atoms with van der Waals surface area (Å²) in [5, 5.41) is 4.14. The van der Waals surface area contributed by atoms with Crippen molar-refractivity contribution < 1.29 is 14.3 Å². The molecule has 0 aromatic rings. The smallest absolute Gasteiger partial charge is 0.323 e. The molecule has 2 amide bonds. The molecule has 3 aliphatic rings. The van der Waals surface area contributed by atoms with Crippen molar-refractivity contribution in [2.24, 2.45) is 4.99 Å². The lowest BCUT2D eigenvalue weighted by atomic mass is 9.91. The highest BCUT2D eigenvalue weighted by Gasteiger charge is 2.35. The third-order valence-corrected chi connectivity index (χ3v) is 5.75. The summed E-state index contributed by atoms with van der Waals surface area (Å²) >= 11 is 1.62. The molecule has 128 valence electrons. The number of amides is 2. The Morgan fingerprint density at radius 3 is 2.48 bits per heavy atom. The Balaban J connectivity index is 1.68. The third kappa shape index (κ3) is 4.26. The number of nitrogens with zero attached hydrogens (tertiary/aromatic N) is 2. The zero-order valence-corrected chi connectivity index (χ0v) is 14.4. The van der Waals surface area contributed by atoms with Crippen LogP contribution < -0.4 is 5.32 Å². The predicted molar refractivity (Wildman–Crippen MR) is 90.8 cm³/mol. The van der Waals surface area contributed by atoms with E-state index in [1.165, 1.54) is 0 Å². The first-order valence-electron chi connectivity index (χ1n) is 8.53. The van der Waals surface area contributed by atoms with Crippen LogP contribution in [0, 0.1) is 0 Å². The van der Waals surface area contributed by atoms with Crippen molar-refractivity contribution in [1.82, 2.24) is 10.2 Å². The summed E-state index contributed by atoms with van der Waals surface area (Å²) in [4.78, 5) is 30.8. The van der Waals surface area contributed by atoms with Crippen LogP contribution in [0.5, 0.6) is 0 Å². The maximum absolute atomic E-state index is 12.9. The second-order valence-electron chi connectivity index (χ2n) is 6.53. The Kier molecular flexibility index (Phi) is 5.58. The fraction of sp³-hybridized carbons (Fsp3) is 0.812. The van der Waals surface area contributed by atoms with E-state index in [1.807, 2.05) is 4.90 Å². The molecule has 6 nitrogen and oxygen atoms in total. The maximum Gasteiger partial charge on any atom is 0.323 e. The molecule has 0 bridgehead atoms. The molecule has 1 aliphatic carbocycles. The van der Waals surface area contributed by atoms with Gasteiger partial charge in [0.05, 0.1) is 6.54 Å². The zero-order chi connectivity index (χ0) is 16.2. The number of amidine groups is 1. The van der Waals surface area contributed by atoms with Crippen LogP contribution in [0.25, 0.3) is 0 Å². The van der Waals surface area contributed by atoms with Gasteiger partial charge in [0.2, 0.25) is 0 Å². The van der Waals surface area contributed by atoms with Crippen molar-refractivity contribution in [2.75, 3.05) is 19.8 Å². The molecular formula is C16H25N3O3S. The number of hydrogen-bond acceptors (Lipinski definition) is 5. The average molecular weight is 339 g/mol. The van der Waals surface area contributed by atoms with E-state index < -0.39 is 0 Å². The van der Waals surface area contributed by atoms with Gasteiger partial charge in [-0.3, -0.25) is 15.1 Å². The van der Waals surface area contributed by atoms with Crippen LogP contribution in [0.1, 0.15) is 45.4 Å². The standard InChI is InChI=1S/C16H25N3O3S/c1-11-10-17-15(23-11)18-16(21)19(13-6-8-22-9-7-13)12-2-4-14(20)5-3-12/h11-13H,2-10H2,1H3,(H,17,18,21). The van der Waals surface area contributed by atoms with Crippen LogP contribution >= 0.6 is 11.8 Å². The van der Waals surface area contributed by atoms with Gasteiger partial charge in [0.1, 0.15) is 5.78 Å². The minimum atomic E-state index is -0.0587. The van der Waals surface area contributed by atoms with E-state index in [9.17, 15) is 9.59 Å². The van der Waals surface area contributed by atoms with Gasteiger partial charge in [-0.1, -0.05) is 18.7 Å². The summed E-state index contributed by atoms with van der Waals surface area (Å²) in [6, 6.07) is 0.295. The van der Waals surface area contributed by atoms with Crippen molar-refractivity contribution in [3.05, 3.63) is 0 Å². The SMILES string of the molecule is CC1CN=C(NC(=O)N(C2CCOCC2)C2CCC(=O)CC2)S1. The second-order valence-corrected chi connectivity index (χ2v) is 7.95. The predicted octanol–water partition coefficient (Wildman–Crippen LogP) is 2.18. The van der Waals surface area contributed by atoms with Crippen LogP contribution in [-0.2, 0) is 9.53 Å². The summed E-state index contributed by atoms with van der Waals surface area (Å²) in [6.07, 6.45) is 4.47. The first kappa shape index (κ1) is 16.8. The highest BCUT2D eigenvalue weighted by atomic mass is 32.2. The van der Waals surface area contributed by atoms with Crippen LogP contribution in [0.15, 0.2) is 4.99 Å². The van der Waals surface area contributed by atoms with Gasteiger partial charge in [0.25, 0.3) is 0 Å². The van der Waals surface area contributed by atoms with Crippen LogP contribution in [0.4, 0.5) is 4.79 Å². The minimum Gasteiger partial charge on any atom is -0.381 e. The number of urea groups is 1. The minimum absolute atomic E-state index is 0.0587. The first-order valence-corrected chi connectivity index (χ1v) is 9.41. The molecule has 2 heterocycles. The largest absolute Gasteiger partial charge is 0.381 e. The quantitative estimate of drug-likeness (QED) is 0.837. The van der Waals surface area contributed by atoms with Gasteiger partial charge in [0, 0.05) is 43.4 Å². The molecule has 3 rings (SSSR count). The van der Waals surface area contributed by atoms with Gasteiger partial charge >= 0.3 is 6.03 Å². The summed E-state index contributed by atoms with van der Waals surface area (Å²) in [5.74, 6) is 0.318. The molecule has 2 aliphatic heterocycles. The number of carbonyl (C=O) groups excluding carboxylic acids is 2. The number of aliphatic imine (C=N–C) groups is 1. The Morgan fingerprint density at radius 2 is 1.87 bits per heavy atom. The molecule has 0 aromatic heterocycles. The first-order chi connectivity index (χ1) is 11.1. The number of thioether (sulfide) groups is 1. The van der Waals surface area contributed by atoms with Gasteiger partial charge in [0.15, 0.2) is 5.17 Å². The van der Waals surface area contributed by atoms with Gasteiger partial charge < -0.3 is 9.64 Å². The molecule has 1 saturated heterocycles. The lowest BCUT2D eigenvalue weighted by Crippen LogP contribution is -2.54. The van der Waals surface area contributed by atoms with E-state index in [-0.39, 0.29) is 18.1 Å². The normalized spacial score (nSPS) is 26.9. The number of ketones is 1. The maximum atomic E-state index is 12.9. The van der Waals surface area contributed by atoms with Crippen molar-refractivity contribution in [1.29, 1.82) is 0 Å². The number of nitrogens with one attached hydrogen (secondary N) is 1. The van der Waals surface area contributed by atoms with Crippen LogP contribution in [0.2, 0.25) is 0 Å². The number of Topliss-reactive ketones (excluding diaryl/α,β-unsaturated/α-hetero) is 1. The summed E-state index contributed by atoms with van der Waals surface area (Å²) in [7, 11) is 0. The molecule has 0 aromatic carbocycles. The topological polar surface area (TPSA) is 71.0 Å². The fourth-order valence-electron chi connectivity index (χ4n) is 3.50. The molecule has 1 atom stereocenters. The van der Waals surface area contributed by atoms with Gasteiger partial charge in [-0.25, -0.2) is 4.79 Å². The molecule has 7 heteroatoms. The van der Waals surface area contributed by atoms with E-state index in [1.54, 1.807) is 11.8 Å². The van der Waals surface area contributed by atoms with Crippen molar-refractivity contribution in [2.45, 2.75) is 62.8 Å². The van der Waals surface area contributed by atoms with E-state index in [2.05, 4.69) is 17.2 Å². The molecule has 0 radical (unpaired) electrons. The third-order valence-electron chi connectivity index (χ3n) is 4.74. The molecule has 1 N–H and O–H groups in total. The van der Waals surface area contributed by atoms with E-state index >= 15 is 0 Å². The number of ether oxygens (including phenoxy) is 1. The molecule has 0 spiro atoms. The van der Waals surface area contributed by atoms with E-state index in [0.717, 1.165) is 37.4 Å². The van der Waals surface area contributed by atoms with Crippen molar-refractivity contribution >= 4 is 28.7 Å². The Bertz CT molecular complexity index is 481. The molecule has 23 heavy (non-hydrogen) atoms. The lowest BCUT2D eigenvalue weighted by Gasteiger charge is -2.41. The molecule has 1 saturated carbocycles. The fourth-order valence-corrected chi connectivity index (χ4v) is 4.32. The van der Waals surface area contributed by atoms with E-state index in [4.69, 9.17) is 4.74 Å². The highest BCUT2D eigenvalue weighted by molar-refractivity contribution is 8.14. The number of carbonyl (C=O) groups is 2. The molecular weight excluding hydrogens is 314 g/mol. The van der Waals surface area contributed by atoms with Gasteiger partial charge in [-0.05, 0) is 25.7 Å².